The van der Waals surface area contributed by atoms with E-state index in [4.69, 9.17) is 0 Å². The second-order valence-electron chi connectivity index (χ2n) is 10.4. The molecule has 3 aliphatic rings. The number of rotatable bonds is 10. The third-order valence-electron chi connectivity index (χ3n) is 8.27. The molecule has 3 rings (SSSR count). The molecule has 1 saturated heterocycles. The van der Waals surface area contributed by atoms with Crippen molar-refractivity contribution in [3.05, 3.63) is 37.0 Å². The molecule has 186 valence electrons. The number of carboxylic acid groups (broad SMARTS) is 1. The van der Waals surface area contributed by atoms with E-state index in [1.165, 1.54) is 0 Å². The predicted molar refractivity (Wildman–Crippen MR) is 130 cm³/mol. The van der Waals surface area contributed by atoms with Crippen LogP contribution in [0, 0.1) is 53.3 Å². The molecule has 0 aromatic rings. The molecular weight excluding hydrogens is 430 g/mol. The monoisotopic (exact) mass is 469 g/mol. The van der Waals surface area contributed by atoms with Gasteiger partial charge in [0.2, 0.25) is 11.8 Å². The summed E-state index contributed by atoms with van der Waals surface area (Å²) in [5, 5.41) is 12.0. The van der Waals surface area contributed by atoms with Gasteiger partial charge in [-0.3, -0.25) is 24.5 Å². The topological polar surface area (TPSA) is 101 Å². The van der Waals surface area contributed by atoms with E-state index < -0.39 is 35.5 Å². The maximum absolute atomic E-state index is 14.2. The number of carboxylic acids is 1. The SMILES string of the molecule is C=C[C@H](CCCCC)[C@@H]1C(=O)NC(=O)[C@@H]1C(=O)[C@@H]1[C@H]2[C@H](C=C[C@H]1/C=C/C)C[C@H](C(=O)O)C[C@@H]2C. The molecule has 2 aliphatic carbocycles. The summed E-state index contributed by atoms with van der Waals surface area (Å²) in [6, 6.07) is 0. The minimum Gasteiger partial charge on any atom is -0.481 e. The van der Waals surface area contributed by atoms with Crippen molar-refractivity contribution in [1.29, 1.82) is 0 Å². The Labute approximate surface area is 202 Å². The van der Waals surface area contributed by atoms with Crippen molar-refractivity contribution in [2.24, 2.45) is 53.3 Å². The van der Waals surface area contributed by atoms with Crippen LogP contribution >= 0.6 is 0 Å². The largest absolute Gasteiger partial charge is 0.481 e. The number of carbonyl (C=O) groups is 4. The van der Waals surface area contributed by atoms with Gasteiger partial charge in [-0.05, 0) is 49.9 Å². The number of hydrogen-bond acceptors (Lipinski definition) is 4. The number of imide groups is 1. The van der Waals surface area contributed by atoms with Crippen LogP contribution in [0.2, 0.25) is 0 Å². The predicted octanol–water partition coefficient (Wildman–Crippen LogP) is 4.57. The minimum absolute atomic E-state index is 0.0184. The molecule has 6 nitrogen and oxygen atoms in total. The molecule has 9 atom stereocenters. The first kappa shape index (κ1) is 26.1. The minimum atomic E-state index is -1.02. The molecule has 0 aromatic carbocycles. The van der Waals surface area contributed by atoms with Crippen molar-refractivity contribution < 1.29 is 24.3 Å². The van der Waals surface area contributed by atoms with E-state index in [0.717, 1.165) is 25.7 Å². The van der Waals surface area contributed by atoms with Gasteiger partial charge in [-0.2, -0.15) is 0 Å². The fraction of sp³-hybridized carbons (Fsp3) is 0.643. The van der Waals surface area contributed by atoms with E-state index in [2.05, 4.69) is 24.9 Å². The highest BCUT2D eigenvalue weighted by molar-refractivity contribution is 6.16. The number of aliphatic carboxylic acids is 1. The van der Waals surface area contributed by atoms with Crippen LogP contribution in [0.3, 0.4) is 0 Å². The highest BCUT2D eigenvalue weighted by Gasteiger charge is 2.55. The zero-order chi connectivity index (χ0) is 25.0. The molecule has 1 aliphatic heterocycles. The second kappa shape index (κ2) is 11.3. The molecule has 0 radical (unpaired) electrons. The molecule has 0 bridgehead atoms. The van der Waals surface area contributed by atoms with E-state index in [1.807, 2.05) is 32.1 Å². The molecule has 6 heteroatoms. The molecule has 2 N–H and O–H groups in total. The fourth-order valence-corrected chi connectivity index (χ4v) is 6.70. The lowest BCUT2D eigenvalue weighted by molar-refractivity contribution is -0.146. The summed E-state index contributed by atoms with van der Waals surface area (Å²) in [6.45, 7) is 9.95. The Morgan fingerprint density at radius 2 is 1.94 bits per heavy atom. The normalized spacial score (nSPS) is 36.2. The smallest absolute Gasteiger partial charge is 0.306 e. The summed E-state index contributed by atoms with van der Waals surface area (Å²) in [7, 11) is 0. The van der Waals surface area contributed by atoms with Crippen molar-refractivity contribution in [3.8, 4) is 0 Å². The Bertz CT molecular complexity index is 874. The second-order valence-corrected chi connectivity index (χ2v) is 10.4. The number of Topliss-reactive ketones (excluding diaryl/α,β-unsaturated/α-hetero) is 1. The molecule has 2 amide bonds. The van der Waals surface area contributed by atoms with Crippen molar-refractivity contribution in [3.63, 3.8) is 0 Å². The lowest BCUT2D eigenvalue weighted by Gasteiger charge is -2.46. The molecule has 0 spiro atoms. The van der Waals surface area contributed by atoms with Crippen LogP contribution in [-0.2, 0) is 19.2 Å². The molecule has 2 fully saturated rings. The third-order valence-corrected chi connectivity index (χ3v) is 8.27. The van der Waals surface area contributed by atoms with Crippen molar-refractivity contribution >= 4 is 23.6 Å². The van der Waals surface area contributed by atoms with E-state index >= 15 is 0 Å². The molecule has 34 heavy (non-hydrogen) atoms. The van der Waals surface area contributed by atoms with Crippen molar-refractivity contribution in [2.45, 2.75) is 59.3 Å². The van der Waals surface area contributed by atoms with Gasteiger partial charge in [-0.25, -0.2) is 0 Å². The van der Waals surface area contributed by atoms with Gasteiger partial charge in [-0.1, -0.05) is 63.5 Å². The zero-order valence-electron chi connectivity index (χ0n) is 20.6. The van der Waals surface area contributed by atoms with E-state index in [9.17, 15) is 24.3 Å². The number of allylic oxidation sites excluding steroid dienone is 5. The Kier molecular flexibility index (Phi) is 8.67. The summed E-state index contributed by atoms with van der Waals surface area (Å²) in [4.78, 5) is 51.7. The third kappa shape index (κ3) is 5.11. The number of unbranched alkanes of at least 4 members (excludes halogenated alkanes) is 2. The van der Waals surface area contributed by atoms with Crippen molar-refractivity contribution in [1.82, 2.24) is 5.32 Å². The van der Waals surface area contributed by atoms with Crippen molar-refractivity contribution in [2.75, 3.05) is 0 Å². The summed E-state index contributed by atoms with van der Waals surface area (Å²) in [5.74, 6) is -4.96. The van der Waals surface area contributed by atoms with Crippen LogP contribution in [0.5, 0.6) is 0 Å². The number of carbonyl (C=O) groups excluding carboxylic acids is 3. The maximum Gasteiger partial charge on any atom is 0.306 e. The van der Waals surface area contributed by atoms with Gasteiger partial charge in [0.05, 0.1) is 11.8 Å². The van der Waals surface area contributed by atoms with Gasteiger partial charge in [0.25, 0.3) is 0 Å². The standard InChI is InChI=1S/C28H39NO5/c1-5-8-9-11-17(7-3)23-24(27(32)29-26(23)31)25(30)22-18(10-6-2)12-13-19-15-20(28(33)34)14-16(4)21(19)22/h6-7,10,12-13,16-24H,3,5,8-9,11,14-15H2,1-2,4H3,(H,33,34)(H,29,31,32)/b10-6+/t16-,17+,18+,19+,20+,21+,22-,23-,24-/m0/s1. The first-order valence-corrected chi connectivity index (χ1v) is 12.8. The molecule has 1 heterocycles. The average molecular weight is 470 g/mol. The quantitative estimate of drug-likeness (QED) is 0.211. The number of nitrogens with one attached hydrogen (secondary N) is 1. The Morgan fingerprint density at radius 1 is 1.21 bits per heavy atom. The van der Waals surface area contributed by atoms with E-state index in [1.54, 1.807) is 6.08 Å². The Hall–Kier alpha value is -2.50. The molecule has 1 saturated carbocycles. The Balaban J connectivity index is 1.95. The average Bonchev–Trinajstić information content (AvgIpc) is 3.09. The fourth-order valence-electron chi connectivity index (χ4n) is 6.70. The maximum atomic E-state index is 14.2. The summed E-state index contributed by atoms with van der Waals surface area (Å²) >= 11 is 0. The molecule has 0 unspecified atom stereocenters. The molecule has 0 aromatic heterocycles. The van der Waals surface area contributed by atoms with Crippen LogP contribution in [0.1, 0.15) is 59.3 Å². The summed E-state index contributed by atoms with van der Waals surface area (Å²) in [5.41, 5.74) is 0. The van der Waals surface area contributed by atoms with Crippen LogP contribution in [0.4, 0.5) is 0 Å². The van der Waals surface area contributed by atoms with Gasteiger partial charge in [-0.15, -0.1) is 6.58 Å². The zero-order valence-corrected chi connectivity index (χ0v) is 20.6. The first-order chi connectivity index (χ1) is 16.2. The van der Waals surface area contributed by atoms with Gasteiger partial charge in [0, 0.05) is 11.8 Å². The van der Waals surface area contributed by atoms with Crippen LogP contribution < -0.4 is 5.32 Å². The molecular formula is C28H39NO5. The summed E-state index contributed by atoms with van der Waals surface area (Å²) < 4.78 is 0. The first-order valence-electron chi connectivity index (χ1n) is 12.8. The lowest BCUT2D eigenvalue weighted by Crippen LogP contribution is -2.48. The van der Waals surface area contributed by atoms with Crippen LogP contribution in [0.15, 0.2) is 37.0 Å². The van der Waals surface area contributed by atoms with Gasteiger partial charge < -0.3 is 5.11 Å². The van der Waals surface area contributed by atoms with Gasteiger partial charge >= 0.3 is 5.97 Å². The highest BCUT2D eigenvalue weighted by Crippen LogP contribution is 2.50. The van der Waals surface area contributed by atoms with Gasteiger partial charge in [0.15, 0.2) is 0 Å². The van der Waals surface area contributed by atoms with Crippen LogP contribution in [0.25, 0.3) is 0 Å². The number of hydrogen-bond donors (Lipinski definition) is 2. The number of ketones is 1. The number of fused-ring (bicyclic) bond motifs is 1. The lowest BCUT2D eigenvalue weighted by atomic mass is 9.56. The van der Waals surface area contributed by atoms with Gasteiger partial charge in [0.1, 0.15) is 11.7 Å². The van der Waals surface area contributed by atoms with E-state index in [0.29, 0.717) is 12.8 Å². The highest BCUT2D eigenvalue weighted by atomic mass is 16.4. The van der Waals surface area contributed by atoms with Crippen LogP contribution in [-0.4, -0.2) is 28.7 Å². The number of amides is 2. The summed E-state index contributed by atoms with van der Waals surface area (Å²) in [6.07, 6.45) is 14.4. The Morgan fingerprint density at radius 3 is 2.56 bits per heavy atom. The van der Waals surface area contributed by atoms with E-state index in [-0.39, 0.29) is 41.3 Å².